The highest BCUT2D eigenvalue weighted by atomic mass is 32.1. The van der Waals surface area contributed by atoms with E-state index in [1.54, 1.807) is 6.08 Å². The Morgan fingerprint density at radius 3 is 3.00 bits per heavy atom. The molecule has 8 heteroatoms. The normalized spacial score (nSPS) is 10.1. The first-order chi connectivity index (χ1) is 8.13. The quantitative estimate of drug-likeness (QED) is 0.240. The molecule has 1 aromatic heterocycles. The number of aromatic amines is 2. The molecule has 0 bridgehead atoms. The molecule has 0 aliphatic heterocycles. The van der Waals surface area contributed by atoms with Gasteiger partial charge in [0.2, 0.25) is 0 Å². The minimum Gasteiger partial charge on any atom is -0.358 e. The maximum atomic E-state index is 11.2. The maximum absolute atomic E-state index is 11.2. The van der Waals surface area contributed by atoms with Gasteiger partial charge in [-0.15, -0.1) is 6.58 Å². The van der Waals surface area contributed by atoms with Gasteiger partial charge in [-0.3, -0.25) is 15.2 Å². The average Bonchev–Trinajstić information content (AvgIpc) is 2.29. The van der Waals surface area contributed by atoms with Crippen molar-refractivity contribution < 1.29 is 0 Å². The monoisotopic (exact) mass is 253 g/mol. The zero-order valence-electron chi connectivity index (χ0n) is 8.82. The second-order valence-electron chi connectivity index (χ2n) is 2.90. The Hall–Kier alpha value is -2.22. The first-order valence-electron chi connectivity index (χ1n) is 4.63. The molecule has 1 rings (SSSR count). The van der Waals surface area contributed by atoms with Gasteiger partial charge in [0.1, 0.15) is 0 Å². The van der Waals surface area contributed by atoms with Gasteiger partial charge in [0.15, 0.2) is 5.11 Å². The number of H-pyrrole nitrogens is 2. The highest BCUT2D eigenvalue weighted by Crippen LogP contribution is 1.77. The zero-order chi connectivity index (χ0) is 12.7. The summed E-state index contributed by atoms with van der Waals surface area (Å²) in [7, 11) is 0. The molecule has 0 radical (unpaired) electrons. The number of thiocarbonyl (C=S) groups is 1. The third-order valence-corrected chi connectivity index (χ3v) is 1.86. The van der Waals surface area contributed by atoms with Crippen molar-refractivity contribution in [1.29, 1.82) is 0 Å². The number of hydrazone groups is 1. The Morgan fingerprint density at radius 2 is 2.35 bits per heavy atom. The van der Waals surface area contributed by atoms with E-state index in [4.69, 9.17) is 12.2 Å². The molecule has 0 aromatic carbocycles. The van der Waals surface area contributed by atoms with Gasteiger partial charge in [-0.05, 0) is 12.2 Å². The fourth-order valence-electron chi connectivity index (χ4n) is 0.881. The number of nitrogens with one attached hydrogen (secondary N) is 4. The van der Waals surface area contributed by atoms with Crippen LogP contribution in [0.3, 0.4) is 0 Å². The second kappa shape index (κ2) is 6.38. The molecule has 0 aliphatic rings. The molecule has 1 heterocycles. The molecule has 1 aromatic rings. The Morgan fingerprint density at radius 1 is 1.59 bits per heavy atom. The summed E-state index contributed by atoms with van der Waals surface area (Å²) in [5.41, 5.74) is 1.63. The van der Waals surface area contributed by atoms with E-state index >= 15 is 0 Å². The van der Waals surface area contributed by atoms with Crippen molar-refractivity contribution >= 4 is 23.5 Å². The van der Waals surface area contributed by atoms with Crippen molar-refractivity contribution in [2.24, 2.45) is 5.10 Å². The van der Waals surface area contributed by atoms with E-state index in [1.807, 2.05) is 0 Å². The van der Waals surface area contributed by atoms with Gasteiger partial charge < -0.3 is 10.3 Å². The lowest BCUT2D eigenvalue weighted by Gasteiger charge is -2.02. The molecular formula is C9H11N5O2S. The summed E-state index contributed by atoms with van der Waals surface area (Å²) in [6.45, 7) is 4.03. The summed E-state index contributed by atoms with van der Waals surface area (Å²) in [6.07, 6.45) is 4.15. The lowest BCUT2D eigenvalue weighted by atomic mass is 10.4. The number of hydrogen-bond acceptors (Lipinski definition) is 4. The summed E-state index contributed by atoms with van der Waals surface area (Å²) in [6, 6.07) is 0. The summed E-state index contributed by atoms with van der Waals surface area (Å²) < 4.78 is 0. The molecular weight excluding hydrogens is 242 g/mol. The van der Waals surface area contributed by atoms with Gasteiger partial charge >= 0.3 is 5.69 Å². The third-order valence-electron chi connectivity index (χ3n) is 1.62. The molecule has 0 fully saturated rings. The fraction of sp³-hybridized carbons (Fsp3) is 0.111. The molecule has 0 saturated carbocycles. The molecule has 0 amide bonds. The van der Waals surface area contributed by atoms with Crippen LogP contribution in [-0.2, 0) is 0 Å². The Kier molecular flexibility index (Phi) is 4.82. The topological polar surface area (TPSA) is 102 Å². The molecule has 0 unspecified atom stereocenters. The molecule has 90 valence electrons. The van der Waals surface area contributed by atoms with Crippen LogP contribution in [0.4, 0.5) is 0 Å². The molecule has 4 N–H and O–H groups in total. The van der Waals surface area contributed by atoms with Crippen LogP contribution in [0.5, 0.6) is 0 Å². The highest BCUT2D eigenvalue weighted by Gasteiger charge is 1.95. The van der Waals surface area contributed by atoms with E-state index in [2.05, 4.69) is 32.4 Å². The first-order valence-corrected chi connectivity index (χ1v) is 5.04. The summed E-state index contributed by atoms with van der Waals surface area (Å²) in [5.74, 6) is 0. The van der Waals surface area contributed by atoms with Gasteiger partial charge in [-0.2, -0.15) is 5.10 Å². The SMILES string of the molecule is C=CCNC(=S)N/N=C/c1c[nH]c(=O)[nH]c1=O. The van der Waals surface area contributed by atoms with Gasteiger partial charge in [0.25, 0.3) is 5.56 Å². The number of aromatic nitrogens is 2. The molecule has 0 atom stereocenters. The van der Waals surface area contributed by atoms with Crippen molar-refractivity contribution in [2.75, 3.05) is 6.54 Å². The standard InChI is InChI=1S/C9H11N5O2S/c1-2-3-10-9(17)14-12-5-6-4-11-8(16)13-7(6)15/h2,4-5H,1,3H2,(H2,10,14,17)(H2,11,13,15,16)/b12-5+. The summed E-state index contributed by atoms with van der Waals surface area (Å²) in [5, 5.41) is 6.82. The van der Waals surface area contributed by atoms with E-state index in [0.717, 1.165) is 0 Å². The minimum absolute atomic E-state index is 0.212. The summed E-state index contributed by atoms with van der Waals surface area (Å²) >= 11 is 4.86. The van der Waals surface area contributed by atoms with Crippen LogP contribution in [0, 0.1) is 0 Å². The van der Waals surface area contributed by atoms with Crippen LogP contribution in [0.25, 0.3) is 0 Å². The third kappa shape index (κ3) is 4.43. The number of nitrogens with zero attached hydrogens (tertiary/aromatic N) is 1. The number of rotatable bonds is 4. The Bertz CT molecular complexity index is 545. The van der Waals surface area contributed by atoms with Crippen LogP contribution in [0.2, 0.25) is 0 Å². The van der Waals surface area contributed by atoms with Gasteiger partial charge in [0, 0.05) is 12.7 Å². The Labute approximate surface area is 102 Å². The van der Waals surface area contributed by atoms with Gasteiger partial charge in [0.05, 0.1) is 11.8 Å². The van der Waals surface area contributed by atoms with Crippen LogP contribution >= 0.6 is 12.2 Å². The molecule has 0 aliphatic carbocycles. The van der Waals surface area contributed by atoms with Crippen molar-refractivity contribution in [2.45, 2.75) is 0 Å². The van der Waals surface area contributed by atoms with E-state index in [-0.39, 0.29) is 5.56 Å². The largest absolute Gasteiger partial charge is 0.358 e. The number of hydrogen-bond donors (Lipinski definition) is 4. The van der Waals surface area contributed by atoms with Crippen molar-refractivity contribution in [3.05, 3.63) is 45.3 Å². The minimum atomic E-state index is -0.566. The van der Waals surface area contributed by atoms with Crippen molar-refractivity contribution in [3.8, 4) is 0 Å². The second-order valence-corrected chi connectivity index (χ2v) is 3.30. The van der Waals surface area contributed by atoms with Gasteiger partial charge in [-0.1, -0.05) is 6.08 Å². The fourth-order valence-corrected chi connectivity index (χ4v) is 1.02. The van der Waals surface area contributed by atoms with E-state index in [1.165, 1.54) is 12.4 Å². The van der Waals surface area contributed by atoms with Crippen LogP contribution in [-0.4, -0.2) is 27.8 Å². The Balaban J connectivity index is 2.59. The van der Waals surface area contributed by atoms with Gasteiger partial charge in [-0.25, -0.2) is 4.79 Å². The molecule has 0 spiro atoms. The smallest absolute Gasteiger partial charge is 0.325 e. The average molecular weight is 253 g/mol. The van der Waals surface area contributed by atoms with Crippen LogP contribution in [0.15, 0.2) is 33.5 Å². The van der Waals surface area contributed by atoms with E-state index < -0.39 is 11.2 Å². The predicted molar refractivity (Wildman–Crippen MR) is 69.2 cm³/mol. The van der Waals surface area contributed by atoms with Crippen LogP contribution in [0.1, 0.15) is 5.56 Å². The predicted octanol–water partition coefficient (Wildman–Crippen LogP) is -0.953. The van der Waals surface area contributed by atoms with Crippen molar-refractivity contribution in [1.82, 2.24) is 20.7 Å². The lowest BCUT2D eigenvalue weighted by Crippen LogP contribution is -2.32. The van der Waals surface area contributed by atoms with Crippen molar-refractivity contribution in [3.63, 3.8) is 0 Å². The van der Waals surface area contributed by atoms with E-state index in [0.29, 0.717) is 11.7 Å². The lowest BCUT2D eigenvalue weighted by molar-refractivity contribution is 0.940. The summed E-state index contributed by atoms with van der Waals surface area (Å²) in [4.78, 5) is 26.3. The molecule has 17 heavy (non-hydrogen) atoms. The first kappa shape index (κ1) is 12.8. The van der Waals surface area contributed by atoms with Crippen LogP contribution < -0.4 is 22.0 Å². The maximum Gasteiger partial charge on any atom is 0.325 e. The molecule has 0 saturated heterocycles. The highest BCUT2D eigenvalue weighted by molar-refractivity contribution is 7.80. The zero-order valence-corrected chi connectivity index (χ0v) is 9.63. The van der Waals surface area contributed by atoms with E-state index in [9.17, 15) is 9.59 Å². The molecule has 7 nitrogen and oxygen atoms in total.